The van der Waals surface area contributed by atoms with E-state index in [1.54, 1.807) is 6.07 Å². The summed E-state index contributed by atoms with van der Waals surface area (Å²) < 4.78 is 0. The maximum atomic E-state index is 11.8. The quantitative estimate of drug-likeness (QED) is 0.337. The van der Waals surface area contributed by atoms with Crippen molar-refractivity contribution in [1.29, 1.82) is 0 Å². The van der Waals surface area contributed by atoms with E-state index in [2.05, 4.69) is 5.32 Å². The molecule has 0 aliphatic rings. The Labute approximate surface area is 106 Å². The number of nitrogens with zero attached hydrogens (tertiary/aromatic N) is 2. The first-order chi connectivity index (χ1) is 8.50. The van der Waals surface area contributed by atoms with Gasteiger partial charge >= 0.3 is 0 Å². The first kappa shape index (κ1) is 14.3. The van der Waals surface area contributed by atoms with E-state index in [-0.39, 0.29) is 18.0 Å². The average molecular weight is 251 g/mol. The van der Waals surface area contributed by atoms with Gasteiger partial charge in [-0.2, -0.15) is 0 Å². The van der Waals surface area contributed by atoms with Crippen LogP contribution in [-0.2, 0) is 0 Å². The lowest BCUT2D eigenvalue weighted by Crippen LogP contribution is -2.30. The van der Waals surface area contributed by atoms with Gasteiger partial charge in [0.2, 0.25) is 0 Å². The van der Waals surface area contributed by atoms with Crippen LogP contribution in [0, 0.1) is 10.1 Å². The molecule has 0 saturated carbocycles. The highest BCUT2D eigenvalue weighted by atomic mass is 16.6. The third-order valence-corrected chi connectivity index (χ3v) is 2.40. The summed E-state index contributed by atoms with van der Waals surface area (Å²) in [6.45, 7) is 1.73. The van der Waals surface area contributed by atoms with Gasteiger partial charge in [-0.15, -0.1) is 0 Å². The fourth-order valence-corrected chi connectivity index (χ4v) is 1.40. The second-order valence-electron chi connectivity index (χ2n) is 4.21. The third-order valence-electron chi connectivity index (χ3n) is 2.40. The van der Waals surface area contributed by atoms with Crippen LogP contribution in [0.3, 0.4) is 0 Å². The van der Waals surface area contributed by atoms with Crippen LogP contribution in [0.5, 0.6) is 0 Å². The molecule has 0 aliphatic heterocycles. The van der Waals surface area contributed by atoms with E-state index in [1.165, 1.54) is 18.2 Å². The van der Waals surface area contributed by atoms with Crippen molar-refractivity contribution in [3.63, 3.8) is 0 Å². The van der Waals surface area contributed by atoms with Crippen molar-refractivity contribution in [2.45, 2.75) is 0 Å². The Morgan fingerprint density at radius 3 is 2.78 bits per heavy atom. The predicted octanol–water partition coefficient (Wildman–Crippen LogP) is 0.929. The SMILES string of the molecule is CN(C)CCNCC(=O)c1cccc([N+](=O)[O-])c1. The normalized spacial score (nSPS) is 10.6. The van der Waals surface area contributed by atoms with E-state index in [0.717, 1.165) is 6.54 Å². The van der Waals surface area contributed by atoms with Crippen LogP contribution in [0.25, 0.3) is 0 Å². The number of carbonyl (C=O) groups is 1. The molecule has 0 unspecified atom stereocenters. The molecule has 0 atom stereocenters. The van der Waals surface area contributed by atoms with E-state index in [0.29, 0.717) is 12.1 Å². The number of non-ortho nitro benzene ring substituents is 1. The summed E-state index contributed by atoms with van der Waals surface area (Å²) in [4.78, 5) is 23.9. The van der Waals surface area contributed by atoms with Crippen LogP contribution in [-0.4, -0.2) is 49.3 Å². The second-order valence-corrected chi connectivity index (χ2v) is 4.21. The minimum Gasteiger partial charge on any atom is -0.308 e. The van der Waals surface area contributed by atoms with E-state index in [4.69, 9.17) is 0 Å². The van der Waals surface area contributed by atoms with Crippen molar-refractivity contribution >= 4 is 11.5 Å². The number of benzene rings is 1. The summed E-state index contributed by atoms with van der Waals surface area (Å²) in [7, 11) is 3.90. The van der Waals surface area contributed by atoms with E-state index in [9.17, 15) is 14.9 Å². The van der Waals surface area contributed by atoms with E-state index >= 15 is 0 Å². The topological polar surface area (TPSA) is 75.5 Å². The number of ketones is 1. The Bertz CT molecular complexity index is 432. The van der Waals surface area contributed by atoms with Gasteiger partial charge in [-0.3, -0.25) is 14.9 Å². The Balaban J connectivity index is 2.51. The third kappa shape index (κ3) is 4.60. The highest BCUT2D eigenvalue weighted by Crippen LogP contribution is 2.13. The first-order valence-electron chi connectivity index (χ1n) is 5.64. The monoisotopic (exact) mass is 251 g/mol. The Morgan fingerprint density at radius 1 is 1.44 bits per heavy atom. The highest BCUT2D eigenvalue weighted by Gasteiger charge is 2.10. The Hall–Kier alpha value is -1.79. The number of hydrogen-bond acceptors (Lipinski definition) is 5. The zero-order valence-electron chi connectivity index (χ0n) is 10.5. The molecule has 0 fully saturated rings. The number of carbonyl (C=O) groups excluding carboxylic acids is 1. The minimum absolute atomic E-state index is 0.0610. The lowest BCUT2D eigenvalue weighted by Gasteiger charge is -2.09. The molecule has 0 aliphatic carbocycles. The highest BCUT2D eigenvalue weighted by molar-refractivity contribution is 5.98. The van der Waals surface area contributed by atoms with Crippen molar-refractivity contribution in [2.75, 3.05) is 33.7 Å². The molecule has 18 heavy (non-hydrogen) atoms. The average Bonchev–Trinajstić information content (AvgIpc) is 2.34. The molecule has 0 radical (unpaired) electrons. The van der Waals surface area contributed by atoms with Crippen LogP contribution < -0.4 is 5.32 Å². The van der Waals surface area contributed by atoms with Crippen LogP contribution in [0.15, 0.2) is 24.3 Å². The van der Waals surface area contributed by atoms with E-state index < -0.39 is 4.92 Å². The number of likely N-dealkylation sites (N-methyl/N-ethyl adjacent to an activating group) is 1. The molecule has 0 heterocycles. The number of nitrogens with one attached hydrogen (secondary N) is 1. The van der Waals surface area contributed by atoms with Crippen molar-refractivity contribution in [2.24, 2.45) is 0 Å². The van der Waals surface area contributed by atoms with Crippen molar-refractivity contribution in [3.8, 4) is 0 Å². The molecule has 1 N–H and O–H groups in total. The molecule has 0 bridgehead atoms. The molecule has 0 amide bonds. The summed E-state index contributed by atoms with van der Waals surface area (Å²) in [6.07, 6.45) is 0. The van der Waals surface area contributed by atoms with Gasteiger partial charge in [0.15, 0.2) is 5.78 Å². The lowest BCUT2D eigenvalue weighted by molar-refractivity contribution is -0.384. The molecule has 6 nitrogen and oxygen atoms in total. The molecule has 0 spiro atoms. The maximum absolute atomic E-state index is 11.8. The molecular formula is C12H17N3O3. The molecule has 98 valence electrons. The van der Waals surface area contributed by atoms with E-state index in [1.807, 2.05) is 19.0 Å². The number of Topliss-reactive ketones (excluding diaryl/α,β-unsaturated/α-hetero) is 1. The van der Waals surface area contributed by atoms with Crippen LogP contribution in [0.1, 0.15) is 10.4 Å². The largest absolute Gasteiger partial charge is 0.308 e. The molecule has 0 aromatic heterocycles. The molecule has 1 aromatic carbocycles. The molecule has 1 aromatic rings. The second kappa shape index (κ2) is 6.83. The first-order valence-corrected chi connectivity index (χ1v) is 5.64. The number of hydrogen-bond donors (Lipinski definition) is 1. The van der Waals surface area contributed by atoms with Gasteiger partial charge in [-0.1, -0.05) is 12.1 Å². The lowest BCUT2D eigenvalue weighted by atomic mass is 10.1. The van der Waals surface area contributed by atoms with Gasteiger partial charge in [0.1, 0.15) is 0 Å². The molecule has 0 saturated heterocycles. The van der Waals surface area contributed by atoms with Crippen molar-refractivity contribution in [3.05, 3.63) is 39.9 Å². The Morgan fingerprint density at radius 2 is 2.17 bits per heavy atom. The number of nitro benzene ring substituents is 1. The van der Waals surface area contributed by atoms with Gasteiger partial charge in [-0.25, -0.2) is 0 Å². The summed E-state index contributed by atoms with van der Waals surface area (Å²) in [6, 6.07) is 5.78. The minimum atomic E-state index is -0.504. The molecule has 1 rings (SSSR count). The fraction of sp³-hybridized carbons (Fsp3) is 0.417. The standard InChI is InChI=1S/C12H17N3O3/c1-14(2)7-6-13-9-12(16)10-4-3-5-11(8-10)15(17)18/h3-5,8,13H,6-7,9H2,1-2H3. The number of nitro groups is 1. The van der Waals surface area contributed by atoms with Gasteiger partial charge in [0.25, 0.3) is 5.69 Å². The molecular weight excluding hydrogens is 234 g/mol. The number of rotatable bonds is 7. The maximum Gasteiger partial charge on any atom is 0.270 e. The van der Waals surface area contributed by atoms with Crippen LogP contribution >= 0.6 is 0 Å². The zero-order chi connectivity index (χ0) is 13.5. The fourth-order valence-electron chi connectivity index (χ4n) is 1.40. The van der Waals surface area contributed by atoms with Gasteiger partial charge in [0.05, 0.1) is 11.5 Å². The zero-order valence-corrected chi connectivity index (χ0v) is 10.5. The van der Waals surface area contributed by atoms with Gasteiger partial charge in [0, 0.05) is 30.8 Å². The summed E-state index contributed by atoms with van der Waals surface area (Å²) in [5.74, 6) is -0.141. The van der Waals surface area contributed by atoms with Crippen LogP contribution in [0.2, 0.25) is 0 Å². The predicted molar refractivity (Wildman–Crippen MR) is 68.9 cm³/mol. The van der Waals surface area contributed by atoms with Crippen molar-refractivity contribution in [1.82, 2.24) is 10.2 Å². The Kier molecular flexibility index (Phi) is 5.41. The summed E-state index contributed by atoms with van der Waals surface area (Å²) >= 11 is 0. The van der Waals surface area contributed by atoms with Crippen molar-refractivity contribution < 1.29 is 9.72 Å². The van der Waals surface area contributed by atoms with Gasteiger partial charge < -0.3 is 10.2 Å². The molecule has 6 heteroatoms. The summed E-state index contributed by atoms with van der Waals surface area (Å²) in [5, 5.41) is 13.6. The van der Waals surface area contributed by atoms with Gasteiger partial charge in [-0.05, 0) is 14.1 Å². The summed E-state index contributed by atoms with van der Waals surface area (Å²) in [5.41, 5.74) is 0.302. The van der Waals surface area contributed by atoms with Crippen LogP contribution in [0.4, 0.5) is 5.69 Å². The smallest absolute Gasteiger partial charge is 0.270 e.